The number of anilines is 2. The van der Waals surface area contributed by atoms with Gasteiger partial charge in [-0.15, -0.1) is 0 Å². The van der Waals surface area contributed by atoms with Gasteiger partial charge in [-0.2, -0.15) is 0 Å². The van der Waals surface area contributed by atoms with Gasteiger partial charge in [0.1, 0.15) is 6.54 Å². The lowest BCUT2D eigenvalue weighted by Gasteiger charge is -2.22. The highest BCUT2D eigenvalue weighted by Crippen LogP contribution is 2.18. The van der Waals surface area contributed by atoms with Crippen LogP contribution in [-0.2, 0) is 14.8 Å². The van der Waals surface area contributed by atoms with Crippen LogP contribution < -0.4 is 9.62 Å². The van der Waals surface area contributed by atoms with E-state index in [0.29, 0.717) is 16.9 Å². The third-order valence-electron chi connectivity index (χ3n) is 3.58. The number of hydrogen-bond acceptors (Lipinski definition) is 4. The van der Waals surface area contributed by atoms with Crippen molar-refractivity contribution >= 4 is 33.1 Å². The van der Waals surface area contributed by atoms with Gasteiger partial charge in [0, 0.05) is 11.3 Å². The quantitative estimate of drug-likeness (QED) is 0.803. The second kappa shape index (κ2) is 7.48. The largest absolute Gasteiger partial charge is 0.325 e. The van der Waals surface area contributed by atoms with E-state index in [1.54, 1.807) is 48.5 Å². The van der Waals surface area contributed by atoms with Gasteiger partial charge in [-0.25, -0.2) is 8.42 Å². The Morgan fingerprint density at radius 3 is 2.04 bits per heavy atom. The molecule has 0 unspecified atom stereocenters. The zero-order valence-electron chi connectivity index (χ0n) is 14.3. The lowest BCUT2D eigenvalue weighted by molar-refractivity contribution is -0.114. The van der Waals surface area contributed by atoms with E-state index in [-0.39, 0.29) is 12.3 Å². The predicted octanol–water partition coefficient (Wildman–Crippen LogP) is 2.60. The molecule has 25 heavy (non-hydrogen) atoms. The first-order valence-electron chi connectivity index (χ1n) is 7.62. The molecule has 0 aliphatic carbocycles. The molecule has 1 amide bonds. The number of nitrogens with zero attached hydrogens (tertiary/aromatic N) is 1. The van der Waals surface area contributed by atoms with Gasteiger partial charge < -0.3 is 5.32 Å². The van der Waals surface area contributed by atoms with E-state index < -0.39 is 15.9 Å². The van der Waals surface area contributed by atoms with Gasteiger partial charge in [0.05, 0.1) is 11.9 Å². The average Bonchev–Trinajstić information content (AvgIpc) is 2.53. The fourth-order valence-corrected chi connectivity index (χ4v) is 3.09. The van der Waals surface area contributed by atoms with Gasteiger partial charge in [-0.1, -0.05) is 17.7 Å². The van der Waals surface area contributed by atoms with Crippen molar-refractivity contribution in [3.05, 3.63) is 59.7 Å². The third kappa shape index (κ3) is 5.15. The molecule has 0 spiro atoms. The molecule has 2 aromatic carbocycles. The molecule has 0 bridgehead atoms. The third-order valence-corrected chi connectivity index (χ3v) is 4.73. The number of rotatable bonds is 6. The number of carbonyl (C=O) groups excluding carboxylic acids is 2. The van der Waals surface area contributed by atoms with E-state index in [1.807, 2.05) is 6.92 Å². The fourth-order valence-electron chi connectivity index (χ4n) is 2.23. The predicted molar refractivity (Wildman–Crippen MR) is 98.4 cm³/mol. The zero-order valence-corrected chi connectivity index (χ0v) is 15.1. The van der Waals surface area contributed by atoms with E-state index in [4.69, 9.17) is 0 Å². The first-order chi connectivity index (χ1) is 11.7. The number of aryl methyl sites for hydroxylation is 1. The molecule has 0 atom stereocenters. The van der Waals surface area contributed by atoms with Crippen molar-refractivity contribution in [3.8, 4) is 0 Å². The van der Waals surface area contributed by atoms with Gasteiger partial charge in [0.15, 0.2) is 5.78 Å². The van der Waals surface area contributed by atoms with Gasteiger partial charge in [0.25, 0.3) is 0 Å². The van der Waals surface area contributed by atoms with E-state index in [2.05, 4.69) is 5.32 Å². The molecule has 0 fully saturated rings. The maximum atomic E-state index is 12.2. The van der Waals surface area contributed by atoms with Crippen molar-refractivity contribution in [1.29, 1.82) is 0 Å². The molecule has 0 aliphatic heterocycles. The molecule has 7 heteroatoms. The number of benzene rings is 2. The normalized spacial score (nSPS) is 11.0. The minimum atomic E-state index is -3.61. The number of ketones is 1. The monoisotopic (exact) mass is 360 g/mol. The summed E-state index contributed by atoms with van der Waals surface area (Å²) in [7, 11) is -3.61. The molecule has 0 aliphatic rings. The van der Waals surface area contributed by atoms with Crippen LogP contribution in [0.3, 0.4) is 0 Å². The number of carbonyl (C=O) groups is 2. The van der Waals surface area contributed by atoms with Gasteiger partial charge in [-0.05, 0) is 50.2 Å². The Morgan fingerprint density at radius 1 is 1.00 bits per heavy atom. The van der Waals surface area contributed by atoms with Crippen LogP contribution in [0.1, 0.15) is 22.8 Å². The molecule has 0 heterocycles. The molecule has 0 saturated heterocycles. The molecular weight excluding hydrogens is 340 g/mol. The van der Waals surface area contributed by atoms with Crippen LogP contribution in [0.25, 0.3) is 0 Å². The number of sulfonamides is 1. The van der Waals surface area contributed by atoms with Crippen LogP contribution in [0.2, 0.25) is 0 Å². The molecule has 0 radical (unpaired) electrons. The summed E-state index contributed by atoms with van der Waals surface area (Å²) < 4.78 is 25.1. The van der Waals surface area contributed by atoms with E-state index >= 15 is 0 Å². The summed E-state index contributed by atoms with van der Waals surface area (Å²) in [6.45, 7) is 3.02. The number of hydrogen-bond donors (Lipinski definition) is 1. The summed E-state index contributed by atoms with van der Waals surface area (Å²) in [6, 6.07) is 13.3. The molecule has 1 N–H and O–H groups in total. The van der Waals surface area contributed by atoms with Crippen molar-refractivity contribution in [3.63, 3.8) is 0 Å². The summed E-state index contributed by atoms with van der Waals surface area (Å²) in [4.78, 5) is 23.5. The summed E-state index contributed by atoms with van der Waals surface area (Å²) in [5.74, 6) is -0.540. The fraction of sp³-hybridized carbons (Fsp3) is 0.222. The summed E-state index contributed by atoms with van der Waals surface area (Å²) >= 11 is 0. The van der Waals surface area contributed by atoms with Crippen LogP contribution in [0.4, 0.5) is 11.4 Å². The van der Waals surface area contributed by atoms with Crippen molar-refractivity contribution in [1.82, 2.24) is 0 Å². The van der Waals surface area contributed by atoms with Gasteiger partial charge in [0.2, 0.25) is 15.9 Å². The molecule has 6 nitrogen and oxygen atoms in total. The molecule has 2 aromatic rings. The van der Waals surface area contributed by atoms with E-state index in [9.17, 15) is 18.0 Å². The van der Waals surface area contributed by atoms with Crippen LogP contribution in [0, 0.1) is 6.92 Å². The Kier molecular flexibility index (Phi) is 5.58. The highest BCUT2D eigenvalue weighted by molar-refractivity contribution is 7.92. The Balaban J connectivity index is 2.14. The zero-order chi connectivity index (χ0) is 18.6. The standard InChI is InChI=1S/C18H20N2O4S/c1-13-4-10-17(11-5-13)20(25(3,23)24)12-18(22)19-16-8-6-15(7-9-16)14(2)21/h4-11H,12H2,1-3H3,(H,19,22). The van der Waals surface area contributed by atoms with Crippen molar-refractivity contribution < 1.29 is 18.0 Å². The Morgan fingerprint density at radius 2 is 1.56 bits per heavy atom. The maximum Gasteiger partial charge on any atom is 0.245 e. The molecule has 0 aromatic heterocycles. The summed E-state index contributed by atoms with van der Waals surface area (Å²) in [5.41, 5.74) is 2.45. The van der Waals surface area contributed by atoms with Gasteiger partial charge >= 0.3 is 0 Å². The minimum Gasteiger partial charge on any atom is -0.325 e. The van der Waals surface area contributed by atoms with Gasteiger partial charge in [-0.3, -0.25) is 13.9 Å². The second-order valence-electron chi connectivity index (χ2n) is 5.79. The smallest absolute Gasteiger partial charge is 0.245 e. The van der Waals surface area contributed by atoms with Crippen molar-refractivity contribution in [2.45, 2.75) is 13.8 Å². The number of nitrogens with one attached hydrogen (secondary N) is 1. The Bertz CT molecular complexity index is 872. The van der Waals surface area contributed by atoms with Crippen LogP contribution in [-0.4, -0.2) is 32.9 Å². The first kappa shape index (κ1) is 18.7. The summed E-state index contributed by atoms with van der Waals surface area (Å²) in [5, 5.41) is 2.64. The lowest BCUT2D eigenvalue weighted by Crippen LogP contribution is -2.37. The van der Waals surface area contributed by atoms with Crippen LogP contribution in [0.15, 0.2) is 48.5 Å². The lowest BCUT2D eigenvalue weighted by atomic mass is 10.1. The molecule has 0 saturated carbocycles. The maximum absolute atomic E-state index is 12.2. The highest BCUT2D eigenvalue weighted by Gasteiger charge is 2.20. The minimum absolute atomic E-state index is 0.0690. The highest BCUT2D eigenvalue weighted by atomic mass is 32.2. The Labute approximate surface area is 147 Å². The SMILES string of the molecule is CC(=O)c1ccc(NC(=O)CN(c2ccc(C)cc2)S(C)(=O)=O)cc1. The summed E-state index contributed by atoms with van der Waals surface area (Å²) in [6.07, 6.45) is 1.06. The average molecular weight is 360 g/mol. The van der Waals surface area contributed by atoms with E-state index in [1.165, 1.54) is 6.92 Å². The molecular formula is C18H20N2O4S. The Hall–Kier alpha value is -2.67. The molecule has 132 valence electrons. The number of Topliss-reactive ketones (excluding diaryl/α,β-unsaturated/α-hetero) is 1. The second-order valence-corrected chi connectivity index (χ2v) is 7.69. The topological polar surface area (TPSA) is 83.6 Å². The van der Waals surface area contributed by atoms with Crippen molar-refractivity contribution in [2.24, 2.45) is 0 Å². The van der Waals surface area contributed by atoms with Crippen LogP contribution in [0.5, 0.6) is 0 Å². The molecule has 2 rings (SSSR count). The van der Waals surface area contributed by atoms with Crippen LogP contribution >= 0.6 is 0 Å². The van der Waals surface area contributed by atoms with Crippen molar-refractivity contribution in [2.75, 3.05) is 22.4 Å². The van der Waals surface area contributed by atoms with E-state index in [0.717, 1.165) is 16.1 Å². The number of amides is 1. The first-order valence-corrected chi connectivity index (χ1v) is 9.47.